The van der Waals surface area contributed by atoms with Crippen LogP contribution in [-0.4, -0.2) is 49.7 Å². The second-order valence-corrected chi connectivity index (χ2v) is 6.94. The molecule has 2 N–H and O–H groups in total. The number of halogens is 1. The minimum Gasteiger partial charge on any atom is -0.350 e. The van der Waals surface area contributed by atoms with Gasteiger partial charge in [0.1, 0.15) is 6.54 Å². The van der Waals surface area contributed by atoms with Gasteiger partial charge in [-0.25, -0.2) is 0 Å². The molecule has 12 nitrogen and oxygen atoms in total. The van der Waals surface area contributed by atoms with E-state index in [-0.39, 0.29) is 36.8 Å². The smallest absolute Gasteiger partial charge is 0.316 e. The van der Waals surface area contributed by atoms with Crippen molar-refractivity contribution in [3.63, 3.8) is 0 Å². The van der Waals surface area contributed by atoms with E-state index < -0.39 is 16.7 Å². The van der Waals surface area contributed by atoms with Gasteiger partial charge in [-0.3, -0.25) is 24.4 Å². The van der Waals surface area contributed by atoms with E-state index in [9.17, 15) is 19.7 Å². The highest BCUT2D eigenvalue weighted by atomic mass is 127. The van der Waals surface area contributed by atoms with Gasteiger partial charge in [-0.15, -0.1) is 0 Å². The van der Waals surface area contributed by atoms with Crippen molar-refractivity contribution >= 4 is 40.1 Å². The second-order valence-electron chi connectivity index (χ2n) is 5.69. The van der Waals surface area contributed by atoms with Crippen LogP contribution < -0.4 is 10.6 Å². The number of hydrogen-bond donors (Lipinski definition) is 2. The highest BCUT2D eigenvalue weighted by Gasteiger charge is 2.16. The van der Waals surface area contributed by atoms with Crippen LogP contribution in [0.15, 0.2) is 41.2 Å². The average Bonchev–Trinajstić information content (AvgIpc) is 3.34. The Morgan fingerprint density at radius 1 is 1.24 bits per heavy atom. The average molecular weight is 511 g/mol. The van der Waals surface area contributed by atoms with Crippen LogP contribution in [0, 0.1) is 13.7 Å². The number of nitrogens with zero attached hydrogens (tertiary/aromatic N) is 5. The van der Waals surface area contributed by atoms with Crippen molar-refractivity contribution < 1.29 is 19.0 Å². The first-order valence-corrected chi connectivity index (χ1v) is 9.31. The zero-order chi connectivity index (χ0) is 20.8. The van der Waals surface area contributed by atoms with E-state index in [2.05, 4.69) is 48.5 Å². The van der Waals surface area contributed by atoms with Gasteiger partial charge in [0, 0.05) is 37.0 Å². The fourth-order valence-corrected chi connectivity index (χ4v) is 2.72. The predicted molar refractivity (Wildman–Crippen MR) is 106 cm³/mol. The Kier molecular flexibility index (Phi) is 6.48. The van der Waals surface area contributed by atoms with Crippen LogP contribution >= 0.6 is 22.6 Å². The highest BCUT2D eigenvalue weighted by molar-refractivity contribution is 14.1. The van der Waals surface area contributed by atoms with Crippen molar-refractivity contribution in [2.75, 3.05) is 13.1 Å². The van der Waals surface area contributed by atoms with Gasteiger partial charge in [-0.05, 0) is 28.7 Å². The molecule has 2 aromatic heterocycles. The van der Waals surface area contributed by atoms with E-state index in [0.717, 1.165) is 3.57 Å². The molecule has 0 aliphatic heterocycles. The molecule has 0 aliphatic rings. The van der Waals surface area contributed by atoms with E-state index in [4.69, 9.17) is 4.52 Å². The first-order chi connectivity index (χ1) is 13.9. The topological polar surface area (TPSA) is 158 Å². The number of aromatic nitrogens is 4. The standard InChI is InChI=1S/C16H14IN7O5/c17-11-7-20-23(8-11)9-13-21-16(29-22-13)15(26)19-5-4-18-14(25)10-2-1-3-12(6-10)24(27)28/h1-3,6-8H,4-5,9H2,(H,18,25)(H,19,26). The Morgan fingerprint density at radius 2 is 2.00 bits per heavy atom. The lowest BCUT2D eigenvalue weighted by Crippen LogP contribution is -2.34. The number of nitro benzene ring substituents is 1. The molecule has 150 valence electrons. The van der Waals surface area contributed by atoms with Gasteiger partial charge in [0.05, 0.1) is 14.7 Å². The Bertz CT molecular complexity index is 1050. The number of carbonyl (C=O) groups excluding carboxylic acids is 2. The number of nitro groups is 1. The molecule has 0 unspecified atom stereocenters. The number of hydrogen-bond acceptors (Lipinski definition) is 8. The fourth-order valence-electron chi connectivity index (χ4n) is 2.27. The Morgan fingerprint density at radius 3 is 2.69 bits per heavy atom. The lowest BCUT2D eigenvalue weighted by atomic mass is 10.2. The molecule has 13 heteroatoms. The molecule has 0 radical (unpaired) electrons. The van der Waals surface area contributed by atoms with Crippen LogP contribution in [0.5, 0.6) is 0 Å². The summed E-state index contributed by atoms with van der Waals surface area (Å²) in [5.41, 5.74) is -0.0247. The van der Waals surface area contributed by atoms with Gasteiger partial charge < -0.3 is 15.2 Å². The number of benzene rings is 1. The molecule has 0 fully saturated rings. The van der Waals surface area contributed by atoms with Gasteiger partial charge in [0.25, 0.3) is 11.6 Å². The summed E-state index contributed by atoms with van der Waals surface area (Å²) in [5.74, 6) is -0.972. The zero-order valence-electron chi connectivity index (χ0n) is 14.7. The molecular weight excluding hydrogens is 497 g/mol. The number of rotatable bonds is 8. The molecule has 0 saturated carbocycles. The van der Waals surface area contributed by atoms with Gasteiger partial charge >= 0.3 is 11.8 Å². The van der Waals surface area contributed by atoms with Crippen LogP contribution in [0.25, 0.3) is 0 Å². The first-order valence-electron chi connectivity index (χ1n) is 8.24. The van der Waals surface area contributed by atoms with Gasteiger partial charge in [-0.1, -0.05) is 11.2 Å². The zero-order valence-corrected chi connectivity index (χ0v) is 16.9. The molecule has 2 heterocycles. The van der Waals surface area contributed by atoms with Crippen LogP contribution in [0.1, 0.15) is 26.9 Å². The molecule has 0 aliphatic carbocycles. The summed E-state index contributed by atoms with van der Waals surface area (Å²) < 4.78 is 7.48. The maximum atomic E-state index is 12.0. The number of carbonyl (C=O) groups is 2. The lowest BCUT2D eigenvalue weighted by molar-refractivity contribution is -0.384. The summed E-state index contributed by atoms with van der Waals surface area (Å²) in [5, 5.41) is 23.7. The molecule has 1 aromatic carbocycles. The summed E-state index contributed by atoms with van der Waals surface area (Å²) >= 11 is 2.12. The first kappa shape index (κ1) is 20.4. The van der Waals surface area contributed by atoms with Crippen LogP contribution in [0.4, 0.5) is 5.69 Å². The summed E-state index contributed by atoms with van der Waals surface area (Å²) in [6.45, 7) is 0.480. The normalized spacial score (nSPS) is 10.5. The minimum absolute atomic E-state index is 0.106. The van der Waals surface area contributed by atoms with Crippen LogP contribution in [0.3, 0.4) is 0 Å². The highest BCUT2D eigenvalue weighted by Crippen LogP contribution is 2.12. The summed E-state index contributed by atoms with van der Waals surface area (Å²) in [7, 11) is 0. The van der Waals surface area contributed by atoms with Gasteiger partial charge in [0.2, 0.25) is 0 Å². The maximum absolute atomic E-state index is 12.0. The van der Waals surface area contributed by atoms with Crippen LogP contribution in [0.2, 0.25) is 0 Å². The molecular formula is C16H14IN7O5. The molecule has 0 bridgehead atoms. The quantitative estimate of drug-likeness (QED) is 0.196. The van der Waals surface area contributed by atoms with Crippen molar-refractivity contribution in [2.45, 2.75) is 6.54 Å². The van der Waals surface area contributed by atoms with Gasteiger partial charge in [-0.2, -0.15) is 10.1 Å². The third-order valence-electron chi connectivity index (χ3n) is 3.58. The van der Waals surface area contributed by atoms with E-state index in [1.807, 2.05) is 0 Å². The fraction of sp³-hybridized carbons (Fsp3) is 0.188. The lowest BCUT2D eigenvalue weighted by Gasteiger charge is -2.05. The molecule has 3 aromatic rings. The maximum Gasteiger partial charge on any atom is 0.316 e. The van der Waals surface area contributed by atoms with Crippen molar-refractivity contribution in [3.8, 4) is 0 Å². The van der Waals surface area contributed by atoms with Crippen molar-refractivity contribution in [2.24, 2.45) is 0 Å². The molecule has 3 rings (SSSR count). The van der Waals surface area contributed by atoms with Crippen molar-refractivity contribution in [1.82, 2.24) is 30.6 Å². The third-order valence-corrected chi connectivity index (χ3v) is 4.14. The van der Waals surface area contributed by atoms with Crippen LogP contribution in [-0.2, 0) is 6.54 Å². The number of non-ortho nitro benzene ring substituents is 1. The molecule has 0 atom stereocenters. The van der Waals surface area contributed by atoms with Crippen molar-refractivity contribution in [3.05, 3.63) is 67.6 Å². The number of amides is 2. The summed E-state index contributed by atoms with van der Waals surface area (Å²) in [6, 6.07) is 5.35. The Balaban J connectivity index is 1.44. The van der Waals surface area contributed by atoms with E-state index in [1.165, 1.54) is 24.3 Å². The summed E-state index contributed by atoms with van der Waals surface area (Å²) in [4.78, 5) is 38.2. The molecule has 0 saturated heterocycles. The van der Waals surface area contributed by atoms with E-state index >= 15 is 0 Å². The third kappa shape index (κ3) is 5.56. The Labute approximate surface area is 177 Å². The van der Waals surface area contributed by atoms with Gasteiger partial charge in [0.15, 0.2) is 5.82 Å². The van der Waals surface area contributed by atoms with E-state index in [0.29, 0.717) is 5.82 Å². The minimum atomic E-state index is -0.581. The SMILES string of the molecule is O=C(NCCNC(=O)c1nc(Cn2cc(I)cn2)no1)c1cccc([N+](=O)[O-])c1. The van der Waals surface area contributed by atoms with Crippen molar-refractivity contribution in [1.29, 1.82) is 0 Å². The largest absolute Gasteiger partial charge is 0.350 e. The summed E-state index contributed by atoms with van der Waals surface area (Å²) in [6.07, 6.45) is 3.47. The second kappa shape index (κ2) is 9.22. The van der Waals surface area contributed by atoms with E-state index in [1.54, 1.807) is 17.1 Å². The monoisotopic (exact) mass is 511 g/mol. The molecule has 0 spiro atoms. The predicted octanol–water partition coefficient (Wildman–Crippen LogP) is 0.987. The number of nitrogens with one attached hydrogen (secondary N) is 2. The molecule has 2 amide bonds. The Hall–Kier alpha value is -3.36. The molecule has 29 heavy (non-hydrogen) atoms.